The van der Waals surface area contributed by atoms with E-state index < -0.39 is 16.3 Å². The Labute approximate surface area is 93.9 Å². The van der Waals surface area contributed by atoms with Crippen LogP contribution in [-0.4, -0.2) is 58.3 Å². The Bertz CT molecular complexity index is 344. The highest BCUT2D eigenvalue weighted by atomic mass is 32.2. The van der Waals surface area contributed by atoms with E-state index in [4.69, 9.17) is 10.5 Å². The van der Waals surface area contributed by atoms with Crippen LogP contribution in [0.15, 0.2) is 0 Å². The van der Waals surface area contributed by atoms with Crippen LogP contribution >= 0.6 is 0 Å². The zero-order valence-electron chi connectivity index (χ0n) is 8.88. The van der Waals surface area contributed by atoms with Crippen molar-refractivity contribution in [1.29, 1.82) is 0 Å². The fourth-order valence-corrected chi connectivity index (χ4v) is 2.37. The van der Waals surface area contributed by atoms with Gasteiger partial charge in [-0.25, -0.2) is 9.52 Å². The second-order valence-corrected chi connectivity index (χ2v) is 4.86. The third kappa shape index (κ3) is 3.30. The van der Waals surface area contributed by atoms with Gasteiger partial charge in [0.15, 0.2) is 0 Å². The molecule has 1 unspecified atom stereocenters. The molecule has 3 N–H and O–H groups in total. The van der Waals surface area contributed by atoms with Crippen LogP contribution in [0.2, 0.25) is 0 Å². The molecule has 0 aromatic heterocycles. The number of methoxy groups -OCH3 is 1. The van der Waals surface area contributed by atoms with E-state index in [1.54, 1.807) is 4.72 Å². The van der Waals surface area contributed by atoms with Crippen molar-refractivity contribution >= 4 is 16.3 Å². The fourth-order valence-electron chi connectivity index (χ4n) is 1.26. The number of amides is 1. The van der Waals surface area contributed by atoms with E-state index in [1.165, 1.54) is 0 Å². The van der Waals surface area contributed by atoms with Gasteiger partial charge in [0, 0.05) is 19.6 Å². The highest BCUT2D eigenvalue weighted by Gasteiger charge is 2.30. The summed E-state index contributed by atoms with van der Waals surface area (Å²) in [6, 6.07) is 0. The molecule has 0 saturated carbocycles. The van der Waals surface area contributed by atoms with Crippen molar-refractivity contribution in [3.05, 3.63) is 0 Å². The number of hydrogen-bond acceptors (Lipinski definition) is 6. The van der Waals surface area contributed by atoms with Crippen LogP contribution in [0.25, 0.3) is 0 Å². The molecule has 1 rings (SSSR count). The molecule has 94 valence electrons. The predicted molar refractivity (Wildman–Crippen MR) is 54.8 cm³/mol. The van der Waals surface area contributed by atoms with Crippen LogP contribution < -0.4 is 10.5 Å². The molecule has 16 heavy (non-hydrogen) atoms. The summed E-state index contributed by atoms with van der Waals surface area (Å²) >= 11 is 0. The Morgan fingerprint density at radius 3 is 2.94 bits per heavy atom. The molecule has 0 aromatic rings. The summed E-state index contributed by atoms with van der Waals surface area (Å²) in [6.07, 6.45) is -1.36. The number of carbonyl (C=O) groups is 1. The Kier molecular flexibility index (Phi) is 4.47. The van der Waals surface area contributed by atoms with Gasteiger partial charge in [0.25, 0.3) is 0 Å². The largest absolute Gasteiger partial charge is 0.452 e. The second kappa shape index (κ2) is 5.43. The van der Waals surface area contributed by atoms with Gasteiger partial charge >= 0.3 is 16.3 Å². The number of nitrogens with one attached hydrogen (secondary N) is 1. The SMILES string of the molecule is COC(=O)NS(=O)(=O)N1CCOC(CN)C1. The highest BCUT2D eigenvalue weighted by molar-refractivity contribution is 7.87. The standard InChI is InChI=1S/C7H15N3O5S/c1-14-7(11)9-16(12,13)10-2-3-15-6(4-8)5-10/h6H,2-5,8H2,1H3,(H,9,11). The molecular weight excluding hydrogens is 238 g/mol. The lowest BCUT2D eigenvalue weighted by Crippen LogP contribution is -2.52. The molecule has 0 bridgehead atoms. The van der Waals surface area contributed by atoms with Crippen molar-refractivity contribution in [2.75, 3.05) is 33.4 Å². The summed E-state index contributed by atoms with van der Waals surface area (Å²) in [6.45, 7) is 0.792. The van der Waals surface area contributed by atoms with Crippen molar-refractivity contribution in [2.45, 2.75) is 6.10 Å². The zero-order chi connectivity index (χ0) is 12.2. The van der Waals surface area contributed by atoms with Crippen LogP contribution in [0.4, 0.5) is 4.79 Å². The average molecular weight is 253 g/mol. The van der Waals surface area contributed by atoms with Gasteiger partial charge in [-0.2, -0.15) is 12.7 Å². The van der Waals surface area contributed by atoms with E-state index >= 15 is 0 Å². The van der Waals surface area contributed by atoms with Crippen molar-refractivity contribution in [3.63, 3.8) is 0 Å². The number of nitrogens with two attached hydrogens (primary N) is 1. The zero-order valence-corrected chi connectivity index (χ0v) is 9.70. The first-order chi connectivity index (χ1) is 7.49. The van der Waals surface area contributed by atoms with Crippen LogP contribution in [0.3, 0.4) is 0 Å². The van der Waals surface area contributed by atoms with Crippen molar-refractivity contribution in [1.82, 2.24) is 9.03 Å². The van der Waals surface area contributed by atoms with Gasteiger partial charge in [-0.3, -0.25) is 0 Å². The van der Waals surface area contributed by atoms with Crippen molar-refractivity contribution in [2.24, 2.45) is 5.73 Å². The maximum atomic E-state index is 11.6. The summed E-state index contributed by atoms with van der Waals surface area (Å²) in [4.78, 5) is 10.8. The lowest BCUT2D eigenvalue weighted by Gasteiger charge is -2.30. The summed E-state index contributed by atoms with van der Waals surface area (Å²) in [5.41, 5.74) is 5.38. The summed E-state index contributed by atoms with van der Waals surface area (Å²) in [5.74, 6) is 0. The minimum Gasteiger partial charge on any atom is -0.452 e. The predicted octanol–water partition coefficient (Wildman–Crippen LogP) is -1.75. The molecule has 0 radical (unpaired) electrons. The van der Waals surface area contributed by atoms with Crippen molar-refractivity contribution in [3.8, 4) is 0 Å². The van der Waals surface area contributed by atoms with Gasteiger partial charge in [0.2, 0.25) is 0 Å². The van der Waals surface area contributed by atoms with Crippen molar-refractivity contribution < 1.29 is 22.7 Å². The molecule has 1 saturated heterocycles. The van der Waals surface area contributed by atoms with E-state index in [1.807, 2.05) is 0 Å². The number of carbonyl (C=O) groups excluding carboxylic acids is 1. The van der Waals surface area contributed by atoms with E-state index in [0.29, 0.717) is 0 Å². The summed E-state index contributed by atoms with van der Waals surface area (Å²) in [7, 11) is -2.77. The Balaban J connectivity index is 2.64. The van der Waals surface area contributed by atoms with E-state index in [9.17, 15) is 13.2 Å². The van der Waals surface area contributed by atoms with Crippen LogP contribution in [0.1, 0.15) is 0 Å². The average Bonchev–Trinajstić information content (AvgIpc) is 2.28. The first-order valence-corrected chi connectivity index (χ1v) is 6.11. The van der Waals surface area contributed by atoms with E-state index in [2.05, 4.69) is 4.74 Å². The Morgan fingerprint density at radius 1 is 1.69 bits per heavy atom. The van der Waals surface area contributed by atoms with Gasteiger partial charge in [-0.15, -0.1) is 0 Å². The first-order valence-electron chi connectivity index (χ1n) is 4.67. The number of rotatable bonds is 3. The smallest absolute Gasteiger partial charge is 0.421 e. The third-order valence-electron chi connectivity index (χ3n) is 2.10. The molecule has 1 amide bonds. The van der Waals surface area contributed by atoms with Crippen LogP contribution in [0.5, 0.6) is 0 Å². The topological polar surface area (TPSA) is 111 Å². The van der Waals surface area contributed by atoms with Crippen LogP contribution in [0, 0.1) is 0 Å². The van der Waals surface area contributed by atoms with Gasteiger partial charge < -0.3 is 15.2 Å². The molecule has 0 aromatic carbocycles. The molecular formula is C7H15N3O5S. The molecule has 1 aliphatic heterocycles. The molecule has 1 heterocycles. The monoisotopic (exact) mass is 253 g/mol. The Morgan fingerprint density at radius 2 is 2.38 bits per heavy atom. The number of nitrogens with zero attached hydrogens (tertiary/aromatic N) is 1. The minimum atomic E-state index is -3.86. The molecule has 0 aliphatic carbocycles. The van der Waals surface area contributed by atoms with E-state index in [-0.39, 0.29) is 32.3 Å². The molecule has 1 atom stereocenters. The lowest BCUT2D eigenvalue weighted by molar-refractivity contribution is 0.00414. The molecule has 8 nitrogen and oxygen atoms in total. The molecule has 1 aliphatic rings. The minimum absolute atomic E-state index is 0.128. The normalized spacial score (nSPS) is 22.8. The van der Waals surface area contributed by atoms with E-state index in [0.717, 1.165) is 11.4 Å². The number of morpholine rings is 1. The molecule has 9 heteroatoms. The fraction of sp³-hybridized carbons (Fsp3) is 0.857. The van der Waals surface area contributed by atoms with Gasteiger partial charge in [0.1, 0.15) is 0 Å². The highest BCUT2D eigenvalue weighted by Crippen LogP contribution is 2.08. The lowest BCUT2D eigenvalue weighted by atomic mass is 10.3. The maximum Gasteiger partial charge on any atom is 0.421 e. The second-order valence-electron chi connectivity index (χ2n) is 3.19. The van der Waals surface area contributed by atoms with Crippen LogP contribution in [-0.2, 0) is 19.7 Å². The maximum absolute atomic E-state index is 11.6. The van der Waals surface area contributed by atoms with Gasteiger partial charge in [-0.05, 0) is 0 Å². The molecule has 0 spiro atoms. The van der Waals surface area contributed by atoms with Gasteiger partial charge in [0.05, 0.1) is 19.8 Å². The van der Waals surface area contributed by atoms with Gasteiger partial charge in [-0.1, -0.05) is 0 Å². The quantitative estimate of drug-likeness (QED) is 0.617. The first kappa shape index (κ1) is 13.2. The molecule has 1 fully saturated rings. The summed E-state index contributed by atoms with van der Waals surface area (Å²) in [5, 5.41) is 0. The number of hydrogen-bond donors (Lipinski definition) is 2. The Hall–Kier alpha value is -0.900. The summed E-state index contributed by atoms with van der Waals surface area (Å²) < 4.78 is 35.6. The number of ether oxygens (including phenoxy) is 2. The third-order valence-corrected chi connectivity index (χ3v) is 3.54.